The molecule has 0 spiro atoms. The minimum Gasteiger partial charge on any atom is -0.316 e. The van der Waals surface area contributed by atoms with Gasteiger partial charge in [-0.15, -0.1) is 0 Å². The van der Waals surface area contributed by atoms with Gasteiger partial charge in [0.1, 0.15) is 0 Å². The number of hydrogen-bond donors (Lipinski definition) is 1. The Balaban J connectivity index is 2.36. The number of ketones is 1. The molecule has 1 aliphatic rings. The fraction of sp³-hybridized carbons (Fsp3) is 0.667. The molecule has 1 fully saturated rings. The van der Waals surface area contributed by atoms with Gasteiger partial charge in [-0.25, -0.2) is 0 Å². The number of rotatable bonds is 3. The van der Waals surface area contributed by atoms with Gasteiger partial charge in [0.05, 0.1) is 0 Å². The van der Waals surface area contributed by atoms with Gasteiger partial charge in [-0.1, -0.05) is 13.5 Å². The molecule has 2 nitrogen and oxygen atoms in total. The van der Waals surface area contributed by atoms with Crippen LogP contribution in [0.2, 0.25) is 0 Å². The molecule has 0 unspecified atom stereocenters. The average Bonchev–Trinajstić information content (AvgIpc) is 2.37. The molecular formula is C9H15NO. The Labute approximate surface area is 67.7 Å². The molecule has 2 heteroatoms. The monoisotopic (exact) mass is 153 g/mol. The first kappa shape index (κ1) is 8.47. The zero-order valence-electron chi connectivity index (χ0n) is 6.97. The molecule has 0 aromatic heterocycles. The van der Waals surface area contributed by atoms with E-state index in [2.05, 4.69) is 18.8 Å². The summed E-state index contributed by atoms with van der Waals surface area (Å²) < 4.78 is 0. The molecule has 0 aromatic carbocycles. The third-order valence-corrected chi connectivity index (χ3v) is 2.37. The zero-order chi connectivity index (χ0) is 8.27. The van der Waals surface area contributed by atoms with Crippen LogP contribution in [-0.2, 0) is 4.79 Å². The van der Waals surface area contributed by atoms with E-state index in [1.165, 1.54) is 6.08 Å². The smallest absolute Gasteiger partial charge is 0.155 e. The molecular weight excluding hydrogens is 138 g/mol. The predicted octanol–water partition coefficient (Wildman–Crippen LogP) is 0.987. The van der Waals surface area contributed by atoms with E-state index in [1.807, 2.05) is 0 Å². The number of allylic oxidation sites excluding steroid dienone is 1. The van der Waals surface area contributed by atoms with E-state index in [1.54, 1.807) is 0 Å². The maximum absolute atomic E-state index is 11.0. The second kappa shape index (κ2) is 3.67. The lowest BCUT2D eigenvalue weighted by molar-refractivity contribution is -0.115. The topological polar surface area (TPSA) is 29.1 Å². The first-order valence-corrected chi connectivity index (χ1v) is 4.10. The van der Waals surface area contributed by atoms with Gasteiger partial charge in [0, 0.05) is 6.42 Å². The van der Waals surface area contributed by atoms with Gasteiger partial charge < -0.3 is 5.32 Å². The Hall–Kier alpha value is -0.630. The van der Waals surface area contributed by atoms with Gasteiger partial charge in [-0.2, -0.15) is 0 Å². The average molecular weight is 153 g/mol. The highest BCUT2D eigenvalue weighted by Gasteiger charge is 2.23. The highest BCUT2D eigenvalue weighted by Crippen LogP contribution is 2.19. The summed E-state index contributed by atoms with van der Waals surface area (Å²) in [6.45, 7) is 7.68. The molecule has 0 aliphatic carbocycles. The van der Waals surface area contributed by atoms with Crippen molar-refractivity contribution in [1.29, 1.82) is 0 Å². The molecule has 1 heterocycles. The molecule has 0 amide bonds. The van der Waals surface area contributed by atoms with Crippen molar-refractivity contribution < 1.29 is 4.79 Å². The second-order valence-electron chi connectivity index (χ2n) is 3.27. The molecule has 11 heavy (non-hydrogen) atoms. The minimum atomic E-state index is 0.172. The fourth-order valence-electron chi connectivity index (χ4n) is 1.48. The van der Waals surface area contributed by atoms with Crippen molar-refractivity contribution in [2.45, 2.75) is 13.3 Å². The summed E-state index contributed by atoms with van der Waals surface area (Å²) >= 11 is 0. The molecule has 1 saturated heterocycles. The lowest BCUT2D eigenvalue weighted by Crippen LogP contribution is -2.13. The Morgan fingerprint density at radius 1 is 1.73 bits per heavy atom. The van der Waals surface area contributed by atoms with Crippen molar-refractivity contribution in [3.8, 4) is 0 Å². The number of hydrogen-bond acceptors (Lipinski definition) is 2. The lowest BCUT2D eigenvalue weighted by atomic mass is 9.93. The van der Waals surface area contributed by atoms with Crippen LogP contribution in [0.1, 0.15) is 13.3 Å². The zero-order valence-corrected chi connectivity index (χ0v) is 6.97. The highest BCUT2D eigenvalue weighted by molar-refractivity contribution is 5.89. The maximum Gasteiger partial charge on any atom is 0.155 e. The van der Waals surface area contributed by atoms with Crippen LogP contribution in [0.25, 0.3) is 0 Å². The van der Waals surface area contributed by atoms with Gasteiger partial charge in [0.2, 0.25) is 0 Å². The number of carbonyl (C=O) groups excluding carboxylic acids is 1. The Morgan fingerprint density at radius 2 is 2.45 bits per heavy atom. The summed E-state index contributed by atoms with van der Waals surface area (Å²) in [5, 5.41) is 3.27. The van der Waals surface area contributed by atoms with E-state index in [4.69, 9.17) is 0 Å². The van der Waals surface area contributed by atoms with Crippen molar-refractivity contribution in [2.24, 2.45) is 11.8 Å². The number of nitrogens with one attached hydrogen (secondary N) is 1. The van der Waals surface area contributed by atoms with E-state index in [0.717, 1.165) is 13.1 Å². The van der Waals surface area contributed by atoms with Gasteiger partial charge in [-0.05, 0) is 31.0 Å². The van der Waals surface area contributed by atoms with Crippen molar-refractivity contribution >= 4 is 5.78 Å². The summed E-state index contributed by atoms with van der Waals surface area (Å²) in [6.07, 6.45) is 2.09. The molecule has 1 aliphatic heterocycles. The van der Waals surface area contributed by atoms with E-state index in [-0.39, 0.29) is 5.78 Å². The minimum absolute atomic E-state index is 0.172. The van der Waals surface area contributed by atoms with Crippen molar-refractivity contribution in [1.82, 2.24) is 5.32 Å². The van der Waals surface area contributed by atoms with E-state index in [9.17, 15) is 4.79 Å². The van der Waals surface area contributed by atoms with Crippen LogP contribution in [0.5, 0.6) is 0 Å². The quantitative estimate of drug-likeness (QED) is 0.612. The van der Waals surface area contributed by atoms with Crippen LogP contribution in [-0.4, -0.2) is 18.9 Å². The Bertz CT molecular complexity index is 165. The van der Waals surface area contributed by atoms with Crippen molar-refractivity contribution in [3.63, 3.8) is 0 Å². The molecule has 0 aromatic rings. The van der Waals surface area contributed by atoms with Crippen LogP contribution in [0, 0.1) is 11.8 Å². The van der Waals surface area contributed by atoms with Gasteiger partial charge in [0.25, 0.3) is 0 Å². The van der Waals surface area contributed by atoms with Crippen LogP contribution in [0.3, 0.4) is 0 Å². The Morgan fingerprint density at radius 3 is 2.91 bits per heavy atom. The summed E-state index contributed by atoms with van der Waals surface area (Å²) in [5.74, 6) is 1.34. The van der Waals surface area contributed by atoms with E-state index >= 15 is 0 Å². The summed E-state index contributed by atoms with van der Waals surface area (Å²) in [6, 6.07) is 0. The van der Waals surface area contributed by atoms with Crippen molar-refractivity contribution in [2.75, 3.05) is 13.1 Å². The summed E-state index contributed by atoms with van der Waals surface area (Å²) in [7, 11) is 0. The molecule has 1 rings (SSSR count). The first-order chi connectivity index (χ1) is 5.24. The standard InChI is InChI=1S/C9H15NO/c1-3-9(11)4-8-6-10-5-7(8)2/h3,7-8,10H,1,4-6H2,2H3/t7-,8-/m1/s1. The van der Waals surface area contributed by atoms with E-state index in [0.29, 0.717) is 18.3 Å². The summed E-state index contributed by atoms with van der Waals surface area (Å²) in [5.41, 5.74) is 0. The van der Waals surface area contributed by atoms with Gasteiger partial charge >= 0.3 is 0 Å². The molecule has 1 N–H and O–H groups in total. The molecule has 0 bridgehead atoms. The second-order valence-corrected chi connectivity index (χ2v) is 3.27. The van der Waals surface area contributed by atoms with Crippen LogP contribution in [0.15, 0.2) is 12.7 Å². The fourth-order valence-corrected chi connectivity index (χ4v) is 1.48. The largest absolute Gasteiger partial charge is 0.316 e. The molecule has 0 radical (unpaired) electrons. The first-order valence-electron chi connectivity index (χ1n) is 4.10. The third-order valence-electron chi connectivity index (χ3n) is 2.37. The van der Waals surface area contributed by atoms with Gasteiger partial charge in [-0.3, -0.25) is 4.79 Å². The number of carbonyl (C=O) groups is 1. The third kappa shape index (κ3) is 2.15. The summed E-state index contributed by atoms with van der Waals surface area (Å²) in [4.78, 5) is 11.0. The van der Waals surface area contributed by atoms with Crippen LogP contribution in [0.4, 0.5) is 0 Å². The predicted molar refractivity (Wildman–Crippen MR) is 45.3 cm³/mol. The van der Waals surface area contributed by atoms with Gasteiger partial charge in [0.15, 0.2) is 5.78 Å². The molecule has 0 saturated carbocycles. The SMILES string of the molecule is C=CC(=O)C[C@@H]1CNC[C@H]1C. The van der Waals surface area contributed by atoms with Crippen LogP contribution < -0.4 is 5.32 Å². The highest BCUT2D eigenvalue weighted by atomic mass is 16.1. The molecule has 2 atom stereocenters. The van der Waals surface area contributed by atoms with Crippen LogP contribution >= 0.6 is 0 Å². The lowest BCUT2D eigenvalue weighted by Gasteiger charge is -2.10. The van der Waals surface area contributed by atoms with E-state index < -0.39 is 0 Å². The molecule has 62 valence electrons. The maximum atomic E-state index is 11.0. The van der Waals surface area contributed by atoms with Crippen molar-refractivity contribution in [3.05, 3.63) is 12.7 Å². The Kier molecular flexibility index (Phi) is 2.83. The normalized spacial score (nSPS) is 30.3.